The summed E-state index contributed by atoms with van der Waals surface area (Å²) in [6.45, 7) is 0.800. The maximum Gasteiger partial charge on any atom is 0.258 e. The molecule has 4 rings (SSSR count). The number of ketones is 1. The number of amides is 1. The Morgan fingerprint density at radius 2 is 1.50 bits per heavy atom. The van der Waals surface area contributed by atoms with Gasteiger partial charge >= 0.3 is 0 Å². The van der Waals surface area contributed by atoms with Crippen molar-refractivity contribution >= 4 is 17.4 Å². The Hall–Kier alpha value is -3.64. The summed E-state index contributed by atoms with van der Waals surface area (Å²) in [6, 6.07) is 21.3. The second-order valence-corrected chi connectivity index (χ2v) is 6.75. The van der Waals surface area contributed by atoms with Gasteiger partial charge in [0.1, 0.15) is 13.2 Å². The number of ether oxygens (including phenoxy) is 3. The van der Waals surface area contributed by atoms with Crippen molar-refractivity contribution in [1.82, 2.24) is 0 Å². The van der Waals surface area contributed by atoms with Crippen molar-refractivity contribution in [3.63, 3.8) is 0 Å². The second-order valence-electron chi connectivity index (χ2n) is 6.75. The Kier molecular flexibility index (Phi) is 5.77. The van der Waals surface area contributed by atoms with Crippen LogP contribution in [0.2, 0.25) is 0 Å². The number of carbonyl (C=O) groups excluding carboxylic acids is 2. The summed E-state index contributed by atoms with van der Waals surface area (Å²) in [7, 11) is 1.47. The molecule has 0 bridgehead atoms. The maximum atomic E-state index is 13.2. The number of nitrogens with one attached hydrogen (secondary N) is 1. The fourth-order valence-electron chi connectivity index (χ4n) is 3.35. The number of anilines is 1. The Labute approximate surface area is 174 Å². The van der Waals surface area contributed by atoms with Gasteiger partial charge in [-0.15, -0.1) is 0 Å². The van der Waals surface area contributed by atoms with E-state index in [2.05, 4.69) is 5.32 Å². The minimum absolute atomic E-state index is 0.225. The molecule has 1 amide bonds. The highest BCUT2D eigenvalue weighted by atomic mass is 16.6. The molecule has 0 spiro atoms. The van der Waals surface area contributed by atoms with Crippen LogP contribution in [0.25, 0.3) is 0 Å². The maximum absolute atomic E-state index is 13.2. The van der Waals surface area contributed by atoms with Crippen LogP contribution in [0.15, 0.2) is 72.8 Å². The average Bonchev–Trinajstić information content (AvgIpc) is 2.80. The molecule has 1 atom stereocenters. The number of methoxy groups -OCH3 is 1. The molecule has 1 aliphatic heterocycles. The predicted molar refractivity (Wildman–Crippen MR) is 112 cm³/mol. The molecule has 1 N–H and O–H groups in total. The van der Waals surface area contributed by atoms with E-state index < -0.39 is 6.10 Å². The van der Waals surface area contributed by atoms with Gasteiger partial charge in [0.05, 0.1) is 11.3 Å². The van der Waals surface area contributed by atoms with Gasteiger partial charge in [-0.2, -0.15) is 0 Å². The predicted octanol–water partition coefficient (Wildman–Crippen LogP) is 4.02. The molecule has 0 saturated heterocycles. The molecular weight excluding hydrogens is 382 g/mol. The van der Waals surface area contributed by atoms with Crippen LogP contribution in [0.5, 0.6) is 11.5 Å². The molecule has 6 nitrogen and oxygen atoms in total. The highest BCUT2D eigenvalue weighted by Crippen LogP contribution is 2.37. The van der Waals surface area contributed by atoms with Crippen molar-refractivity contribution < 1.29 is 23.8 Å². The van der Waals surface area contributed by atoms with E-state index in [9.17, 15) is 9.59 Å². The summed E-state index contributed by atoms with van der Waals surface area (Å²) in [4.78, 5) is 26.2. The zero-order chi connectivity index (χ0) is 20.9. The van der Waals surface area contributed by atoms with Gasteiger partial charge in [-0.1, -0.05) is 60.7 Å². The zero-order valence-corrected chi connectivity index (χ0v) is 16.5. The number of benzene rings is 3. The van der Waals surface area contributed by atoms with E-state index in [4.69, 9.17) is 14.2 Å². The van der Waals surface area contributed by atoms with Gasteiger partial charge in [0.2, 0.25) is 0 Å². The molecule has 0 aliphatic carbocycles. The number of hydrogen-bond acceptors (Lipinski definition) is 5. The molecule has 1 unspecified atom stereocenters. The molecule has 0 saturated carbocycles. The minimum Gasteiger partial charge on any atom is -0.486 e. The van der Waals surface area contributed by atoms with Crippen molar-refractivity contribution in [1.29, 1.82) is 0 Å². The first-order chi connectivity index (χ1) is 14.7. The smallest absolute Gasteiger partial charge is 0.258 e. The topological polar surface area (TPSA) is 73.9 Å². The van der Waals surface area contributed by atoms with Crippen LogP contribution >= 0.6 is 0 Å². The molecule has 0 radical (unpaired) electrons. The summed E-state index contributed by atoms with van der Waals surface area (Å²) >= 11 is 0. The Morgan fingerprint density at radius 3 is 2.13 bits per heavy atom. The first-order valence-corrected chi connectivity index (χ1v) is 9.59. The van der Waals surface area contributed by atoms with E-state index in [-0.39, 0.29) is 11.7 Å². The summed E-state index contributed by atoms with van der Waals surface area (Å²) in [5.74, 6) is 0.346. The van der Waals surface area contributed by atoms with Crippen LogP contribution in [-0.4, -0.2) is 32.0 Å². The number of rotatable bonds is 6. The van der Waals surface area contributed by atoms with E-state index in [1.807, 2.05) is 36.4 Å². The van der Waals surface area contributed by atoms with Crippen molar-refractivity contribution in [2.45, 2.75) is 6.10 Å². The fraction of sp³-hybridized carbons (Fsp3) is 0.167. The second kappa shape index (κ2) is 8.80. The van der Waals surface area contributed by atoms with E-state index in [0.29, 0.717) is 47.1 Å². The molecule has 3 aromatic rings. The van der Waals surface area contributed by atoms with E-state index in [1.165, 1.54) is 7.11 Å². The normalized spacial score (nSPS) is 13.4. The molecule has 6 heteroatoms. The standard InChI is InChI=1S/C24H21NO5/c1-28-23(17-10-6-3-7-11-17)24(27)25-19-15-21-20(29-12-13-30-21)14-18(19)22(26)16-8-4-2-5-9-16/h2-11,14-15,23H,12-13H2,1H3,(H,25,27). The zero-order valence-electron chi connectivity index (χ0n) is 16.5. The van der Waals surface area contributed by atoms with Gasteiger partial charge < -0.3 is 19.5 Å². The van der Waals surface area contributed by atoms with Gasteiger partial charge in [-0.3, -0.25) is 9.59 Å². The summed E-state index contributed by atoms with van der Waals surface area (Å²) in [5, 5.41) is 2.84. The first kappa shape index (κ1) is 19.7. The largest absolute Gasteiger partial charge is 0.486 e. The lowest BCUT2D eigenvalue weighted by Crippen LogP contribution is -2.24. The van der Waals surface area contributed by atoms with Crippen LogP contribution in [0.4, 0.5) is 5.69 Å². The lowest BCUT2D eigenvalue weighted by molar-refractivity contribution is -0.126. The molecular formula is C24H21NO5. The van der Waals surface area contributed by atoms with Crippen LogP contribution in [0, 0.1) is 0 Å². The van der Waals surface area contributed by atoms with Crippen molar-refractivity contribution in [3.8, 4) is 11.5 Å². The van der Waals surface area contributed by atoms with Crippen LogP contribution < -0.4 is 14.8 Å². The molecule has 0 fully saturated rings. The minimum atomic E-state index is -0.820. The van der Waals surface area contributed by atoms with Gasteiger partial charge in [-0.05, 0) is 11.6 Å². The quantitative estimate of drug-likeness (QED) is 0.630. The Balaban J connectivity index is 1.71. The molecule has 152 valence electrons. The highest BCUT2D eigenvalue weighted by molar-refractivity contribution is 6.14. The van der Waals surface area contributed by atoms with Gasteiger partial charge in [0.25, 0.3) is 5.91 Å². The van der Waals surface area contributed by atoms with Gasteiger partial charge in [0.15, 0.2) is 23.4 Å². The van der Waals surface area contributed by atoms with E-state index in [1.54, 1.807) is 36.4 Å². The molecule has 1 heterocycles. The van der Waals surface area contributed by atoms with Gasteiger partial charge in [0, 0.05) is 18.7 Å². The average molecular weight is 403 g/mol. The SMILES string of the molecule is COC(C(=O)Nc1cc2c(cc1C(=O)c1ccccc1)OCCO2)c1ccccc1. The van der Waals surface area contributed by atoms with Crippen LogP contribution in [0.3, 0.4) is 0 Å². The van der Waals surface area contributed by atoms with Crippen molar-refractivity contribution in [2.24, 2.45) is 0 Å². The van der Waals surface area contributed by atoms with E-state index >= 15 is 0 Å². The first-order valence-electron chi connectivity index (χ1n) is 9.59. The summed E-state index contributed by atoms with van der Waals surface area (Å²) in [5.41, 5.74) is 1.89. The third-order valence-corrected chi connectivity index (χ3v) is 4.80. The van der Waals surface area contributed by atoms with Crippen molar-refractivity contribution in [3.05, 3.63) is 89.5 Å². The Morgan fingerprint density at radius 1 is 0.900 bits per heavy atom. The number of fused-ring (bicyclic) bond motifs is 1. The summed E-state index contributed by atoms with van der Waals surface area (Å²) in [6.07, 6.45) is -0.820. The number of hydrogen-bond donors (Lipinski definition) is 1. The molecule has 3 aromatic carbocycles. The van der Waals surface area contributed by atoms with E-state index in [0.717, 1.165) is 0 Å². The van der Waals surface area contributed by atoms with Crippen LogP contribution in [0.1, 0.15) is 27.6 Å². The molecule has 1 aliphatic rings. The summed E-state index contributed by atoms with van der Waals surface area (Å²) < 4.78 is 16.7. The third kappa shape index (κ3) is 4.04. The molecule has 0 aromatic heterocycles. The number of carbonyl (C=O) groups is 2. The van der Waals surface area contributed by atoms with Crippen molar-refractivity contribution in [2.75, 3.05) is 25.6 Å². The fourth-order valence-corrected chi connectivity index (χ4v) is 3.35. The lowest BCUT2D eigenvalue weighted by atomic mass is 10.00. The lowest BCUT2D eigenvalue weighted by Gasteiger charge is -2.22. The van der Waals surface area contributed by atoms with Crippen LogP contribution in [-0.2, 0) is 9.53 Å². The monoisotopic (exact) mass is 403 g/mol. The molecule has 30 heavy (non-hydrogen) atoms. The van der Waals surface area contributed by atoms with Gasteiger partial charge in [-0.25, -0.2) is 0 Å². The highest BCUT2D eigenvalue weighted by Gasteiger charge is 2.25. The Bertz CT molecular complexity index is 1050. The third-order valence-electron chi connectivity index (χ3n) is 4.80.